The Balaban J connectivity index is 3.31. The predicted octanol–water partition coefficient (Wildman–Crippen LogP) is 1.21. The molecule has 72 valence electrons. The van der Waals surface area contributed by atoms with E-state index in [4.69, 9.17) is 5.11 Å². The molecule has 0 heterocycles. The van der Waals surface area contributed by atoms with E-state index in [2.05, 4.69) is 0 Å². The van der Waals surface area contributed by atoms with Crippen LogP contribution in [0.4, 0.5) is 0 Å². The zero-order chi connectivity index (χ0) is 10.6. The second-order valence-electron chi connectivity index (χ2n) is 2.58. The predicted molar refractivity (Wildman–Crippen MR) is 49.5 cm³/mol. The first-order chi connectivity index (χ1) is 6.61. The topological polar surface area (TPSA) is 74.6 Å². The van der Waals surface area contributed by atoms with Crippen LogP contribution in [0.1, 0.15) is 5.56 Å². The maximum atomic E-state index is 10.8. The number of carboxylic acids is 1. The van der Waals surface area contributed by atoms with Crippen molar-refractivity contribution in [3.63, 3.8) is 0 Å². The van der Waals surface area contributed by atoms with Gasteiger partial charge in [0, 0.05) is 0 Å². The molecule has 0 bridgehead atoms. The molecule has 5 heteroatoms. The summed E-state index contributed by atoms with van der Waals surface area (Å²) in [5, 5.41) is 18.4. The summed E-state index contributed by atoms with van der Waals surface area (Å²) in [5.74, 6) is -1.51. The van der Waals surface area contributed by atoms with Gasteiger partial charge in [-0.25, -0.2) is 0 Å². The van der Waals surface area contributed by atoms with Crippen molar-refractivity contribution < 1.29 is 19.6 Å². The molecule has 0 aliphatic carbocycles. The van der Waals surface area contributed by atoms with E-state index in [0.717, 1.165) is 0 Å². The van der Waals surface area contributed by atoms with Gasteiger partial charge in [0.25, 0.3) is 0 Å². The Kier molecular flexibility index (Phi) is 3.26. The van der Waals surface area contributed by atoms with E-state index in [1.165, 1.54) is 12.1 Å². The number of carbonyl (C=O) groups is 1. The standard InChI is InChI=1S/C9H7O4P/c10-8(11)9(12,6-14-13)7-4-2-1-3-5-7/h1-5,12H,(H,10,11). The zero-order valence-corrected chi connectivity index (χ0v) is 7.94. The molecule has 0 spiro atoms. The van der Waals surface area contributed by atoms with Crippen LogP contribution in [0.5, 0.6) is 0 Å². The molecule has 0 aliphatic heterocycles. The van der Waals surface area contributed by atoms with E-state index in [1.54, 1.807) is 18.2 Å². The molecule has 14 heavy (non-hydrogen) atoms. The monoisotopic (exact) mass is 210 g/mol. The van der Waals surface area contributed by atoms with Gasteiger partial charge in [0.2, 0.25) is 0 Å². The maximum absolute atomic E-state index is 10.8. The Labute approximate surface area is 81.3 Å². The van der Waals surface area contributed by atoms with Crippen LogP contribution in [0.25, 0.3) is 0 Å². The molecule has 1 atom stereocenters. The van der Waals surface area contributed by atoms with Crippen LogP contribution in [-0.4, -0.2) is 16.2 Å². The third-order valence-electron chi connectivity index (χ3n) is 1.71. The molecule has 0 radical (unpaired) electrons. The number of hydrogen-bond acceptors (Lipinski definition) is 3. The summed E-state index contributed by atoms with van der Waals surface area (Å²) in [6.07, 6.45) is 0. The number of carboxylic acid groups (broad SMARTS) is 1. The van der Waals surface area contributed by atoms with E-state index in [0.29, 0.717) is 0 Å². The van der Waals surface area contributed by atoms with Gasteiger partial charge < -0.3 is 0 Å². The molecular formula is C9H7O4P. The van der Waals surface area contributed by atoms with E-state index < -0.39 is 19.5 Å². The molecule has 0 aliphatic rings. The molecule has 1 aromatic carbocycles. The zero-order valence-electron chi connectivity index (χ0n) is 7.04. The molecule has 1 unspecified atom stereocenters. The van der Waals surface area contributed by atoms with E-state index >= 15 is 0 Å². The van der Waals surface area contributed by atoms with Crippen LogP contribution in [0, 0.1) is 5.63 Å². The quantitative estimate of drug-likeness (QED) is 0.719. The van der Waals surface area contributed by atoms with Gasteiger partial charge in [-0.2, -0.15) is 0 Å². The van der Waals surface area contributed by atoms with Crippen LogP contribution in [0.2, 0.25) is 0 Å². The first-order valence-corrected chi connectivity index (χ1v) is 4.53. The van der Waals surface area contributed by atoms with Crippen molar-refractivity contribution >= 4 is 13.9 Å². The van der Waals surface area contributed by atoms with Gasteiger partial charge in [-0.1, -0.05) is 0 Å². The Bertz CT molecular complexity index is 436. The first-order valence-electron chi connectivity index (χ1n) is 3.72. The fraction of sp³-hybridized carbons (Fsp3) is 0.111. The van der Waals surface area contributed by atoms with Crippen molar-refractivity contribution in [2.24, 2.45) is 0 Å². The minimum atomic E-state index is -2.31. The normalized spacial score (nSPS) is 13.8. The van der Waals surface area contributed by atoms with Crippen molar-refractivity contribution in [3.05, 3.63) is 35.9 Å². The molecule has 0 aromatic heterocycles. The van der Waals surface area contributed by atoms with Gasteiger partial charge in [-0.3, -0.25) is 0 Å². The molecule has 1 aromatic rings. The van der Waals surface area contributed by atoms with Crippen LogP contribution in [0.3, 0.4) is 0 Å². The van der Waals surface area contributed by atoms with Crippen LogP contribution < -0.4 is 0 Å². The second-order valence-corrected chi connectivity index (χ2v) is 2.99. The van der Waals surface area contributed by atoms with Gasteiger partial charge in [-0.05, 0) is 0 Å². The van der Waals surface area contributed by atoms with Crippen molar-refractivity contribution in [1.29, 1.82) is 0 Å². The number of aliphatic hydroxyl groups is 1. The molecule has 4 nitrogen and oxygen atoms in total. The number of hydrogen-bond donors (Lipinski definition) is 2. The second kappa shape index (κ2) is 4.25. The SMILES string of the molecule is O=P#CC(O)(C(=O)O)c1ccccc1. The summed E-state index contributed by atoms with van der Waals surface area (Å²) in [5.41, 5.74) is -0.246. The van der Waals surface area contributed by atoms with Gasteiger partial charge >= 0.3 is 80.6 Å². The summed E-state index contributed by atoms with van der Waals surface area (Å²) >= 11 is 0. The van der Waals surface area contributed by atoms with Crippen molar-refractivity contribution in [3.8, 4) is 5.63 Å². The van der Waals surface area contributed by atoms with Gasteiger partial charge in [0.05, 0.1) is 0 Å². The molecule has 1 rings (SSSR count). The molecule has 0 saturated heterocycles. The Morgan fingerprint density at radius 3 is 2.36 bits per heavy atom. The average molecular weight is 210 g/mol. The number of rotatable bonds is 2. The molecule has 0 saturated carbocycles. The van der Waals surface area contributed by atoms with Gasteiger partial charge in [0.1, 0.15) is 0 Å². The summed E-state index contributed by atoms with van der Waals surface area (Å²) in [6, 6.07) is 7.68. The fourth-order valence-electron chi connectivity index (χ4n) is 0.981. The molecule has 2 N–H and O–H groups in total. The number of benzene rings is 1. The number of aliphatic carboxylic acids is 1. The fourth-order valence-corrected chi connectivity index (χ4v) is 1.34. The summed E-state index contributed by atoms with van der Waals surface area (Å²) in [4.78, 5) is 10.8. The summed E-state index contributed by atoms with van der Waals surface area (Å²) in [6.45, 7) is 0. The van der Waals surface area contributed by atoms with Crippen molar-refractivity contribution in [1.82, 2.24) is 0 Å². The van der Waals surface area contributed by atoms with Gasteiger partial charge in [0.15, 0.2) is 0 Å². The summed E-state index contributed by atoms with van der Waals surface area (Å²) in [7, 11) is -0.651. The van der Waals surface area contributed by atoms with Crippen LogP contribution in [0.15, 0.2) is 30.3 Å². The van der Waals surface area contributed by atoms with Crippen LogP contribution in [-0.2, 0) is 15.0 Å². The van der Waals surface area contributed by atoms with Crippen molar-refractivity contribution in [2.45, 2.75) is 5.60 Å². The third kappa shape index (κ3) is 1.94. The first kappa shape index (κ1) is 10.7. The summed E-state index contributed by atoms with van der Waals surface area (Å²) < 4.78 is 10.3. The Hall–Kier alpha value is -1.34. The van der Waals surface area contributed by atoms with Crippen molar-refractivity contribution in [2.75, 3.05) is 0 Å². The van der Waals surface area contributed by atoms with E-state index in [9.17, 15) is 14.5 Å². The van der Waals surface area contributed by atoms with E-state index in [1.807, 2.05) is 5.63 Å². The molecule has 0 fully saturated rings. The minimum absolute atomic E-state index is 0.121. The van der Waals surface area contributed by atoms with E-state index in [-0.39, 0.29) is 5.56 Å². The van der Waals surface area contributed by atoms with Crippen LogP contribution >= 0.6 is 7.92 Å². The Morgan fingerprint density at radius 2 is 1.93 bits per heavy atom. The third-order valence-corrected chi connectivity index (χ3v) is 2.12. The molecular weight excluding hydrogens is 203 g/mol. The Morgan fingerprint density at radius 1 is 1.36 bits per heavy atom. The molecule has 0 amide bonds. The van der Waals surface area contributed by atoms with Gasteiger partial charge in [-0.15, -0.1) is 0 Å². The average Bonchev–Trinajstić information content (AvgIpc) is 2.19.